The summed E-state index contributed by atoms with van der Waals surface area (Å²) in [5, 5.41) is 15.9. The van der Waals surface area contributed by atoms with Crippen LogP contribution in [-0.2, 0) is 33.9 Å². The van der Waals surface area contributed by atoms with Crippen LogP contribution < -0.4 is 24.8 Å². The Kier molecular flexibility index (Phi) is 11.5. The summed E-state index contributed by atoms with van der Waals surface area (Å²) >= 11 is 0. The number of nitrogens with one attached hydrogen (secondary N) is 3. The predicted octanol–water partition coefficient (Wildman–Crippen LogP) is 3.83. The molecule has 2 aliphatic carbocycles. The number of carbonyl (C=O) groups excluding carboxylic acids is 4. The number of nitrogens with zero attached hydrogens (tertiary/aromatic N) is 2. The van der Waals surface area contributed by atoms with E-state index in [0.29, 0.717) is 42.2 Å². The Morgan fingerprint density at radius 3 is 2.53 bits per heavy atom. The first-order valence-corrected chi connectivity index (χ1v) is 20.9. The van der Waals surface area contributed by atoms with E-state index in [4.69, 9.17) is 19.3 Å². The lowest BCUT2D eigenvalue weighted by molar-refractivity contribution is -0.142. The largest absolute Gasteiger partial charge is 0.482 e. The number of sulfonamides is 1. The van der Waals surface area contributed by atoms with E-state index in [1.807, 2.05) is 19.1 Å². The normalized spacial score (nSPS) is 29.3. The van der Waals surface area contributed by atoms with E-state index in [0.717, 1.165) is 6.42 Å². The van der Waals surface area contributed by atoms with E-state index in [-0.39, 0.29) is 37.1 Å². The van der Waals surface area contributed by atoms with Gasteiger partial charge in [-0.1, -0.05) is 26.0 Å². The molecule has 4 N–H and O–H groups in total. The van der Waals surface area contributed by atoms with Crippen LogP contribution in [0.4, 0.5) is 4.79 Å². The van der Waals surface area contributed by atoms with Crippen molar-refractivity contribution < 1.29 is 51.7 Å². The zero-order valence-corrected chi connectivity index (χ0v) is 34.0. The second-order valence-electron chi connectivity index (χ2n) is 17.3. The number of hydrogen-bond donors (Lipinski definition) is 4. The van der Waals surface area contributed by atoms with Gasteiger partial charge in [-0.2, -0.15) is 0 Å². The molecule has 2 aliphatic heterocycles. The summed E-state index contributed by atoms with van der Waals surface area (Å²) in [4.78, 5) is 73.2. The van der Waals surface area contributed by atoms with Crippen molar-refractivity contribution in [1.82, 2.24) is 25.2 Å². The van der Waals surface area contributed by atoms with E-state index < -0.39 is 86.4 Å². The lowest BCUT2D eigenvalue weighted by atomic mass is 9.88. The lowest BCUT2D eigenvalue weighted by Gasteiger charge is -2.33. The number of carboxylic acid groups (broad SMARTS) is 1. The molecule has 1 aromatic carbocycles. The van der Waals surface area contributed by atoms with Gasteiger partial charge < -0.3 is 34.9 Å². The van der Waals surface area contributed by atoms with Gasteiger partial charge in [-0.25, -0.2) is 23.0 Å². The molecule has 57 heavy (non-hydrogen) atoms. The number of pyridine rings is 1. The van der Waals surface area contributed by atoms with Crippen molar-refractivity contribution in [2.45, 2.75) is 121 Å². The van der Waals surface area contributed by atoms with Crippen molar-refractivity contribution in [2.75, 3.05) is 13.2 Å². The number of ether oxygens (including phenoxy) is 3. The maximum atomic E-state index is 14.8. The van der Waals surface area contributed by atoms with Gasteiger partial charge in [0.15, 0.2) is 6.61 Å². The summed E-state index contributed by atoms with van der Waals surface area (Å²) in [6, 6.07) is 4.33. The van der Waals surface area contributed by atoms with Gasteiger partial charge >= 0.3 is 12.1 Å². The van der Waals surface area contributed by atoms with Crippen LogP contribution in [-0.4, -0.2) is 100 Å². The van der Waals surface area contributed by atoms with Crippen LogP contribution in [0.2, 0.25) is 0 Å². The maximum Gasteiger partial charge on any atom is 0.408 e. The van der Waals surface area contributed by atoms with Crippen LogP contribution in [0, 0.1) is 17.8 Å². The Morgan fingerprint density at radius 2 is 1.84 bits per heavy atom. The van der Waals surface area contributed by atoms with Gasteiger partial charge in [0.25, 0.3) is 5.91 Å². The minimum atomic E-state index is -4.03. The highest BCUT2D eigenvalue weighted by atomic mass is 32.2. The Morgan fingerprint density at radius 1 is 1.11 bits per heavy atom. The van der Waals surface area contributed by atoms with Gasteiger partial charge in [0.1, 0.15) is 35.1 Å². The molecule has 2 aromatic rings. The van der Waals surface area contributed by atoms with Gasteiger partial charge in [0.05, 0.1) is 11.3 Å². The molecule has 1 saturated heterocycles. The Hall–Kier alpha value is -4.93. The molecule has 0 radical (unpaired) electrons. The van der Waals surface area contributed by atoms with Crippen molar-refractivity contribution in [3.63, 3.8) is 0 Å². The highest BCUT2D eigenvalue weighted by Crippen LogP contribution is 2.47. The molecule has 7 atom stereocenters. The molecular formula is C40H53N5O11S. The molecule has 0 bridgehead atoms. The van der Waals surface area contributed by atoms with Crippen molar-refractivity contribution in [2.24, 2.45) is 17.8 Å². The van der Waals surface area contributed by atoms with Crippen LogP contribution >= 0.6 is 0 Å². The number of rotatable bonds is 9. The number of amides is 4. The van der Waals surface area contributed by atoms with Gasteiger partial charge in [-0.15, -0.1) is 0 Å². The molecule has 2 saturated carbocycles. The second kappa shape index (κ2) is 15.8. The first-order chi connectivity index (χ1) is 26.7. The topological polar surface area (TPSA) is 220 Å². The van der Waals surface area contributed by atoms with E-state index >= 15 is 0 Å². The van der Waals surface area contributed by atoms with Crippen molar-refractivity contribution >= 4 is 50.6 Å². The van der Waals surface area contributed by atoms with E-state index in [9.17, 15) is 32.4 Å². The smallest absolute Gasteiger partial charge is 0.408 e. The number of fused-ring (bicyclic) bond motifs is 3. The molecule has 4 aliphatic rings. The van der Waals surface area contributed by atoms with Gasteiger partial charge in [-0.3, -0.25) is 19.1 Å². The highest BCUT2D eigenvalue weighted by Gasteiger charge is 2.63. The SMILES string of the molecule is C[C@@H]1CC/C=C\[C@@H]2C[C@@]2(C(=O)NS(=O)(=O)C2(C)CC2)NC(=O)[C@@H]2C[C@@H](Oc3nccc4cc(OCC(=O)O)ccc34)CN2C(=O)[C@@H](NC(=O)OC(C)(C)C)[C@H](C)C1. The molecule has 0 unspecified atom stereocenters. The summed E-state index contributed by atoms with van der Waals surface area (Å²) in [6.07, 6.45) is 6.66. The number of benzene rings is 1. The molecule has 3 fully saturated rings. The second-order valence-corrected chi connectivity index (χ2v) is 19.5. The van der Waals surface area contributed by atoms with Gasteiger partial charge in [0, 0.05) is 23.9 Å². The van der Waals surface area contributed by atoms with Crippen LogP contribution in [0.5, 0.6) is 11.6 Å². The fourth-order valence-electron chi connectivity index (χ4n) is 7.65. The average Bonchev–Trinajstić information content (AvgIpc) is 4.00. The number of aliphatic carboxylic acids is 1. The summed E-state index contributed by atoms with van der Waals surface area (Å²) in [6.45, 7) is 10.0. The van der Waals surface area contributed by atoms with Crippen molar-refractivity contribution in [1.29, 1.82) is 0 Å². The zero-order valence-electron chi connectivity index (χ0n) is 33.2. The Bertz CT molecular complexity index is 2060. The number of carbonyl (C=O) groups is 5. The third-order valence-electron chi connectivity index (χ3n) is 11.3. The number of carboxylic acids is 1. The Labute approximate surface area is 332 Å². The van der Waals surface area contributed by atoms with Gasteiger partial charge in [-0.05, 0) is 108 Å². The predicted molar refractivity (Wildman–Crippen MR) is 208 cm³/mol. The first-order valence-electron chi connectivity index (χ1n) is 19.5. The standard InChI is InChI=1S/C40H53N5O11S/c1-23-9-7-8-10-26-20-40(26,36(50)44-57(52,53)39(6)14-15-39)43-33(48)30-19-28(21-45(30)35(49)32(24(2)17-23)42-37(51)56-38(3,4)5)55-34-29-12-11-27(54-22-31(46)47)18-25(29)13-16-41-34/h8,10-13,16,18,23-24,26,28,30,32H,7,9,14-15,17,19-22H2,1-6H3,(H,42,51)(H,43,48)(H,44,50)(H,46,47)/b10-8-/t23-,24-,26-,28-,30+,32+,40-/m1/s1. The molecule has 0 spiro atoms. The van der Waals surface area contributed by atoms with Crippen molar-refractivity contribution in [3.05, 3.63) is 42.6 Å². The van der Waals surface area contributed by atoms with E-state index in [2.05, 4.69) is 27.3 Å². The number of allylic oxidation sites excluding steroid dienone is 1. The van der Waals surface area contributed by atoms with Crippen LogP contribution in [0.25, 0.3) is 10.8 Å². The highest BCUT2D eigenvalue weighted by molar-refractivity contribution is 7.91. The van der Waals surface area contributed by atoms with Crippen LogP contribution in [0.3, 0.4) is 0 Å². The van der Waals surface area contributed by atoms with Crippen LogP contribution in [0.15, 0.2) is 42.6 Å². The molecule has 310 valence electrons. The van der Waals surface area contributed by atoms with E-state index in [1.165, 1.54) is 11.1 Å². The average molecular weight is 812 g/mol. The lowest BCUT2D eigenvalue weighted by Crippen LogP contribution is -2.59. The zero-order chi connectivity index (χ0) is 41.5. The minimum Gasteiger partial charge on any atom is -0.482 e. The molecule has 17 heteroatoms. The third kappa shape index (κ3) is 9.45. The Balaban J connectivity index is 1.33. The molecule has 16 nitrogen and oxygen atoms in total. The summed E-state index contributed by atoms with van der Waals surface area (Å²) in [7, 11) is -4.03. The molecular weight excluding hydrogens is 759 g/mol. The summed E-state index contributed by atoms with van der Waals surface area (Å²) < 4.78 is 44.9. The first kappa shape index (κ1) is 41.7. The molecule has 1 aromatic heterocycles. The molecule has 4 amide bonds. The van der Waals surface area contributed by atoms with E-state index in [1.54, 1.807) is 52.0 Å². The molecule has 6 rings (SSSR count). The quantitative estimate of drug-likeness (QED) is 0.266. The van der Waals surface area contributed by atoms with Gasteiger partial charge in [0.2, 0.25) is 27.7 Å². The number of hydrogen-bond acceptors (Lipinski definition) is 11. The molecule has 3 heterocycles. The minimum absolute atomic E-state index is 0.0199. The monoisotopic (exact) mass is 811 g/mol. The number of aromatic nitrogens is 1. The number of alkyl carbamates (subject to hydrolysis) is 1. The fourth-order valence-corrected chi connectivity index (χ4v) is 8.96. The van der Waals surface area contributed by atoms with Crippen LogP contribution in [0.1, 0.15) is 86.5 Å². The third-order valence-corrected chi connectivity index (χ3v) is 13.4. The maximum absolute atomic E-state index is 14.8. The van der Waals surface area contributed by atoms with Crippen molar-refractivity contribution in [3.8, 4) is 11.6 Å². The summed E-state index contributed by atoms with van der Waals surface area (Å²) in [5.74, 6) is -3.37. The fraction of sp³-hybridized carbons (Fsp3) is 0.600. The summed E-state index contributed by atoms with van der Waals surface area (Å²) in [5.41, 5.74) is -2.41.